The largest absolute Gasteiger partial charge is 0.490 e. The van der Waals surface area contributed by atoms with Crippen LogP contribution >= 0.6 is 0 Å². The molecule has 1 aromatic heterocycles. The van der Waals surface area contributed by atoms with Gasteiger partial charge >= 0.3 is 0 Å². The Morgan fingerprint density at radius 3 is 2.84 bits per heavy atom. The van der Waals surface area contributed by atoms with Crippen molar-refractivity contribution in [2.75, 3.05) is 26.2 Å². The maximum atomic E-state index is 5.63. The summed E-state index contributed by atoms with van der Waals surface area (Å²) in [6.45, 7) is 9.19. The van der Waals surface area contributed by atoms with Gasteiger partial charge in [-0.25, -0.2) is 0 Å². The van der Waals surface area contributed by atoms with E-state index >= 15 is 0 Å². The average Bonchev–Trinajstić information content (AvgIpc) is 2.63. The molecular weight excluding hydrogens is 312 g/mol. The maximum absolute atomic E-state index is 5.63. The molecule has 0 amide bonds. The van der Waals surface area contributed by atoms with Gasteiger partial charge in [-0.05, 0) is 31.5 Å². The van der Waals surface area contributed by atoms with E-state index in [-0.39, 0.29) is 0 Å². The first-order valence-electron chi connectivity index (χ1n) is 8.80. The zero-order valence-electron chi connectivity index (χ0n) is 15.3. The predicted octanol–water partition coefficient (Wildman–Crippen LogP) is 3.13. The first kappa shape index (κ1) is 18.8. The van der Waals surface area contributed by atoms with Crippen molar-refractivity contribution in [1.82, 2.24) is 15.6 Å². The van der Waals surface area contributed by atoms with Crippen LogP contribution in [0.3, 0.4) is 0 Å². The minimum Gasteiger partial charge on any atom is -0.490 e. The number of ether oxygens (including phenoxy) is 1. The molecule has 1 heterocycles. The SMILES string of the molecule is CCNC(=NCC(C)c1cccc(C)c1)NCCOc1cccnc1. The molecule has 5 nitrogen and oxygen atoms in total. The third kappa shape index (κ3) is 6.83. The van der Waals surface area contributed by atoms with E-state index in [4.69, 9.17) is 9.73 Å². The van der Waals surface area contributed by atoms with Gasteiger partial charge in [0.2, 0.25) is 0 Å². The average molecular weight is 340 g/mol. The number of nitrogens with one attached hydrogen (secondary N) is 2. The third-order valence-electron chi connectivity index (χ3n) is 3.78. The second kappa shape index (κ2) is 10.3. The van der Waals surface area contributed by atoms with E-state index in [2.05, 4.69) is 60.7 Å². The topological polar surface area (TPSA) is 58.5 Å². The smallest absolute Gasteiger partial charge is 0.191 e. The summed E-state index contributed by atoms with van der Waals surface area (Å²) in [6, 6.07) is 12.4. The predicted molar refractivity (Wildman–Crippen MR) is 103 cm³/mol. The Kier molecular flexibility index (Phi) is 7.76. The number of guanidine groups is 1. The Morgan fingerprint density at radius 2 is 2.12 bits per heavy atom. The molecule has 1 aromatic carbocycles. The normalized spacial score (nSPS) is 12.5. The zero-order valence-corrected chi connectivity index (χ0v) is 15.3. The van der Waals surface area contributed by atoms with Crippen molar-refractivity contribution < 1.29 is 4.74 Å². The molecule has 2 aromatic rings. The number of benzene rings is 1. The molecule has 1 atom stereocenters. The molecule has 0 radical (unpaired) electrons. The van der Waals surface area contributed by atoms with E-state index < -0.39 is 0 Å². The van der Waals surface area contributed by atoms with E-state index in [1.54, 1.807) is 12.4 Å². The molecule has 0 spiro atoms. The summed E-state index contributed by atoms with van der Waals surface area (Å²) in [7, 11) is 0. The summed E-state index contributed by atoms with van der Waals surface area (Å²) < 4.78 is 5.63. The van der Waals surface area contributed by atoms with Crippen LogP contribution in [0.15, 0.2) is 53.8 Å². The van der Waals surface area contributed by atoms with Crippen molar-refractivity contribution in [2.45, 2.75) is 26.7 Å². The molecule has 1 unspecified atom stereocenters. The van der Waals surface area contributed by atoms with E-state index in [0.717, 1.165) is 24.8 Å². The summed E-state index contributed by atoms with van der Waals surface area (Å²) in [6.07, 6.45) is 3.44. The second-order valence-corrected chi connectivity index (χ2v) is 6.00. The van der Waals surface area contributed by atoms with Crippen LogP contribution in [-0.2, 0) is 0 Å². The van der Waals surface area contributed by atoms with Crippen molar-refractivity contribution in [2.24, 2.45) is 4.99 Å². The van der Waals surface area contributed by atoms with Gasteiger partial charge in [0.15, 0.2) is 5.96 Å². The number of aromatic nitrogens is 1. The number of nitrogens with zero attached hydrogens (tertiary/aromatic N) is 2. The Morgan fingerprint density at radius 1 is 1.24 bits per heavy atom. The van der Waals surface area contributed by atoms with Crippen LogP contribution in [-0.4, -0.2) is 37.2 Å². The van der Waals surface area contributed by atoms with Gasteiger partial charge in [-0.1, -0.05) is 36.8 Å². The molecule has 134 valence electrons. The van der Waals surface area contributed by atoms with Crippen LogP contribution in [0.5, 0.6) is 5.75 Å². The van der Waals surface area contributed by atoms with Crippen molar-refractivity contribution in [1.29, 1.82) is 0 Å². The van der Waals surface area contributed by atoms with E-state index in [1.807, 2.05) is 12.1 Å². The number of hydrogen-bond acceptors (Lipinski definition) is 3. The van der Waals surface area contributed by atoms with Gasteiger partial charge in [-0.15, -0.1) is 0 Å². The van der Waals surface area contributed by atoms with Gasteiger partial charge in [0.05, 0.1) is 12.7 Å². The molecule has 0 aliphatic rings. The van der Waals surface area contributed by atoms with Crippen molar-refractivity contribution >= 4 is 5.96 Å². The maximum Gasteiger partial charge on any atom is 0.191 e. The van der Waals surface area contributed by atoms with Gasteiger partial charge in [-0.2, -0.15) is 0 Å². The standard InChI is InChI=1S/C20H28N4O/c1-4-22-20(23-11-12-25-19-9-6-10-21-15-19)24-14-17(3)18-8-5-7-16(2)13-18/h5-10,13,15,17H,4,11-12,14H2,1-3H3,(H2,22,23,24). The van der Waals surface area contributed by atoms with Crippen LogP contribution in [0.1, 0.15) is 30.9 Å². The molecule has 0 saturated carbocycles. The van der Waals surface area contributed by atoms with Crippen LogP contribution < -0.4 is 15.4 Å². The van der Waals surface area contributed by atoms with E-state index in [1.165, 1.54) is 11.1 Å². The Hall–Kier alpha value is -2.56. The highest BCUT2D eigenvalue weighted by molar-refractivity contribution is 5.79. The number of rotatable bonds is 8. The first-order chi connectivity index (χ1) is 12.2. The van der Waals surface area contributed by atoms with Crippen LogP contribution in [0.2, 0.25) is 0 Å². The van der Waals surface area contributed by atoms with Gasteiger partial charge in [0.25, 0.3) is 0 Å². The number of aliphatic imine (C=N–C) groups is 1. The van der Waals surface area contributed by atoms with Gasteiger partial charge in [0.1, 0.15) is 12.4 Å². The van der Waals surface area contributed by atoms with Gasteiger partial charge < -0.3 is 15.4 Å². The van der Waals surface area contributed by atoms with Crippen molar-refractivity contribution in [3.05, 3.63) is 59.9 Å². The second-order valence-electron chi connectivity index (χ2n) is 6.00. The van der Waals surface area contributed by atoms with E-state index in [9.17, 15) is 0 Å². The highest BCUT2D eigenvalue weighted by Crippen LogP contribution is 2.16. The molecular formula is C20H28N4O. The highest BCUT2D eigenvalue weighted by atomic mass is 16.5. The summed E-state index contributed by atoms with van der Waals surface area (Å²) >= 11 is 0. The molecule has 25 heavy (non-hydrogen) atoms. The summed E-state index contributed by atoms with van der Waals surface area (Å²) in [5.41, 5.74) is 2.60. The molecule has 0 fully saturated rings. The number of pyridine rings is 1. The minimum absolute atomic E-state index is 0.377. The lowest BCUT2D eigenvalue weighted by molar-refractivity contribution is 0.320. The summed E-state index contributed by atoms with van der Waals surface area (Å²) in [5.74, 6) is 1.97. The molecule has 0 aliphatic carbocycles. The van der Waals surface area contributed by atoms with E-state index in [0.29, 0.717) is 19.1 Å². The molecule has 2 N–H and O–H groups in total. The van der Waals surface area contributed by atoms with Gasteiger partial charge in [0, 0.05) is 25.2 Å². The zero-order chi connectivity index (χ0) is 17.9. The molecule has 5 heteroatoms. The van der Waals surface area contributed by atoms with Crippen LogP contribution in [0, 0.1) is 6.92 Å². The van der Waals surface area contributed by atoms with Crippen molar-refractivity contribution in [3.8, 4) is 5.75 Å². The Bertz CT molecular complexity index is 658. The molecule has 0 aliphatic heterocycles. The monoisotopic (exact) mass is 340 g/mol. The summed E-state index contributed by atoms with van der Waals surface area (Å²) in [5, 5.41) is 6.57. The molecule has 0 saturated heterocycles. The highest BCUT2D eigenvalue weighted by Gasteiger charge is 2.06. The third-order valence-corrected chi connectivity index (χ3v) is 3.78. The summed E-state index contributed by atoms with van der Waals surface area (Å²) in [4.78, 5) is 8.72. The lowest BCUT2D eigenvalue weighted by atomic mass is 10.00. The number of hydrogen-bond donors (Lipinski definition) is 2. The Balaban J connectivity index is 1.81. The quantitative estimate of drug-likeness (QED) is 0.440. The number of aryl methyl sites for hydroxylation is 1. The fraction of sp³-hybridized carbons (Fsp3) is 0.400. The first-order valence-corrected chi connectivity index (χ1v) is 8.80. The Labute approximate surface area is 150 Å². The fourth-order valence-corrected chi connectivity index (χ4v) is 2.42. The van der Waals surface area contributed by atoms with Crippen molar-refractivity contribution in [3.63, 3.8) is 0 Å². The molecule has 2 rings (SSSR count). The lowest BCUT2D eigenvalue weighted by Gasteiger charge is -2.14. The fourth-order valence-electron chi connectivity index (χ4n) is 2.42. The van der Waals surface area contributed by atoms with Crippen LogP contribution in [0.25, 0.3) is 0 Å². The molecule has 0 bridgehead atoms. The minimum atomic E-state index is 0.377. The van der Waals surface area contributed by atoms with Crippen LogP contribution in [0.4, 0.5) is 0 Å². The lowest BCUT2D eigenvalue weighted by Crippen LogP contribution is -2.39. The van der Waals surface area contributed by atoms with Gasteiger partial charge in [-0.3, -0.25) is 9.98 Å².